The highest BCUT2D eigenvalue weighted by Gasteiger charge is 2.29. The van der Waals surface area contributed by atoms with Gasteiger partial charge in [0, 0.05) is 12.6 Å². The van der Waals surface area contributed by atoms with E-state index in [1.54, 1.807) is 17.0 Å². The second-order valence-electron chi connectivity index (χ2n) is 4.26. The normalized spacial score (nSPS) is 19.6. The summed E-state index contributed by atoms with van der Waals surface area (Å²) in [5.74, 6) is 0. The first-order valence-corrected chi connectivity index (χ1v) is 6.18. The van der Waals surface area contributed by atoms with E-state index in [-0.39, 0.29) is 11.7 Å². The smallest absolute Gasteiger partial charge is 0.294 e. The number of piperidine rings is 1. The number of para-hydroxylation sites is 1. The van der Waals surface area contributed by atoms with Crippen LogP contribution in [0, 0.1) is 10.1 Å². The average molecular weight is 269 g/mol. The van der Waals surface area contributed by atoms with Gasteiger partial charge in [-0.1, -0.05) is 17.7 Å². The van der Waals surface area contributed by atoms with E-state index >= 15 is 0 Å². The summed E-state index contributed by atoms with van der Waals surface area (Å²) in [6.45, 7) is 0.619. The second-order valence-corrected chi connectivity index (χ2v) is 4.66. The summed E-state index contributed by atoms with van der Waals surface area (Å²) in [6.07, 6.45) is 3.42. The molecule has 1 atom stereocenters. The first-order chi connectivity index (χ1) is 8.65. The molecular formula is C12H13ClN2O3. The van der Waals surface area contributed by atoms with Crippen molar-refractivity contribution >= 4 is 29.3 Å². The summed E-state index contributed by atoms with van der Waals surface area (Å²) in [5, 5.41) is 11.4. The van der Waals surface area contributed by atoms with Crippen LogP contribution in [-0.4, -0.2) is 23.8 Å². The number of anilines is 1. The maximum Gasteiger partial charge on any atom is 0.294 e. The van der Waals surface area contributed by atoms with Crippen LogP contribution in [0.5, 0.6) is 0 Å². The van der Waals surface area contributed by atoms with Crippen molar-refractivity contribution in [3.05, 3.63) is 33.3 Å². The number of nitrogens with zero attached hydrogens (tertiary/aromatic N) is 2. The topological polar surface area (TPSA) is 63.5 Å². The fourth-order valence-corrected chi connectivity index (χ4v) is 2.59. The molecule has 1 saturated heterocycles. The Bertz CT molecular complexity index is 478. The van der Waals surface area contributed by atoms with Crippen molar-refractivity contribution in [1.82, 2.24) is 0 Å². The first kappa shape index (κ1) is 12.8. The summed E-state index contributed by atoms with van der Waals surface area (Å²) >= 11 is 6.07. The van der Waals surface area contributed by atoms with E-state index in [1.165, 1.54) is 6.07 Å². The summed E-state index contributed by atoms with van der Waals surface area (Å²) in [7, 11) is 0. The molecule has 6 heteroatoms. The molecule has 1 fully saturated rings. The van der Waals surface area contributed by atoms with E-state index in [1.807, 2.05) is 0 Å². The number of benzene rings is 1. The van der Waals surface area contributed by atoms with Gasteiger partial charge in [0.2, 0.25) is 0 Å². The van der Waals surface area contributed by atoms with Crippen LogP contribution in [0.25, 0.3) is 0 Å². The van der Waals surface area contributed by atoms with Crippen molar-refractivity contribution in [1.29, 1.82) is 0 Å². The molecule has 5 nitrogen and oxygen atoms in total. The lowest BCUT2D eigenvalue weighted by molar-refractivity contribution is -0.384. The molecule has 0 bridgehead atoms. The van der Waals surface area contributed by atoms with E-state index in [0.717, 1.165) is 19.1 Å². The van der Waals surface area contributed by atoms with Crippen molar-refractivity contribution in [2.45, 2.75) is 25.3 Å². The molecule has 0 aromatic heterocycles. The molecule has 0 aliphatic carbocycles. The van der Waals surface area contributed by atoms with Gasteiger partial charge < -0.3 is 9.69 Å². The maximum atomic E-state index is 11.1. The molecule has 0 saturated carbocycles. The Hall–Kier alpha value is -1.62. The third kappa shape index (κ3) is 2.31. The SMILES string of the molecule is O=CC1CCCCN1c1c(Cl)cccc1[N+](=O)[O-]. The molecular weight excluding hydrogens is 256 g/mol. The molecule has 2 rings (SSSR count). The number of nitro groups is 1. The Morgan fingerprint density at radius 2 is 2.22 bits per heavy atom. The number of nitro benzene ring substituents is 1. The Labute approximate surface area is 109 Å². The van der Waals surface area contributed by atoms with Gasteiger partial charge in [0.25, 0.3) is 5.69 Å². The lowest BCUT2D eigenvalue weighted by atomic mass is 10.0. The van der Waals surface area contributed by atoms with E-state index in [0.29, 0.717) is 23.7 Å². The van der Waals surface area contributed by atoms with Crippen molar-refractivity contribution in [3.8, 4) is 0 Å². The largest absolute Gasteiger partial charge is 0.355 e. The molecule has 1 unspecified atom stereocenters. The van der Waals surface area contributed by atoms with Gasteiger partial charge in [0.05, 0.1) is 16.0 Å². The summed E-state index contributed by atoms with van der Waals surface area (Å²) in [5.41, 5.74) is 0.317. The predicted octanol–water partition coefficient (Wildman–Crippen LogP) is 2.81. The van der Waals surface area contributed by atoms with Crippen molar-refractivity contribution in [3.63, 3.8) is 0 Å². The molecule has 1 heterocycles. The molecule has 0 amide bonds. The van der Waals surface area contributed by atoms with Gasteiger partial charge >= 0.3 is 0 Å². The number of hydrogen-bond acceptors (Lipinski definition) is 4. The number of halogens is 1. The van der Waals surface area contributed by atoms with E-state index < -0.39 is 4.92 Å². The van der Waals surface area contributed by atoms with E-state index in [9.17, 15) is 14.9 Å². The lowest BCUT2D eigenvalue weighted by Crippen LogP contribution is -2.41. The van der Waals surface area contributed by atoms with Gasteiger partial charge in [-0.15, -0.1) is 0 Å². The molecule has 0 radical (unpaired) electrons. The van der Waals surface area contributed by atoms with Gasteiger partial charge in [0.15, 0.2) is 0 Å². The van der Waals surface area contributed by atoms with Gasteiger partial charge in [-0.3, -0.25) is 10.1 Å². The lowest BCUT2D eigenvalue weighted by Gasteiger charge is -2.34. The molecule has 96 valence electrons. The maximum absolute atomic E-state index is 11.1. The summed E-state index contributed by atoms with van der Waals surface area (Å²) in [4.78, 5) is 23.4. The average Bonchev–Trinajstić information content (AvgIpc) is 2.38. The van der Waals surface area contributed by atoms with E-state index in [4.69, 9.17) is 11.6 Å². The molecule has 0 N–H and O–H groups in total. The predicted molar refractivity (Wildman–Crippen MR) is 69.2 cm³/mol. The standard InChI is InChI=1S/C12H13ClN2O3/c13-10-5-3-6-11(15(17)18)12(10)14-7-2-1-4-9(14)8-16/h3,5-6,8-9H,1-2,4,7H2. The van der Waals surface area contributed by atoms with Crippen LogP contribution in [0.3, 0.4) is 0 Å². The van der Waals surface area contributed by atoms with Gasteiger partial charge in [-0.25, -0.2) is 0 Å². The van der Waals surface area contributed by atoms with Crippen molar-refractivity contribution in [2.24, 2.45) is 0 Å². The Kier molecular flexibility index (Phi) is 3.81. The van der Waals surface area contributed by atoms with Crippen molar-refractivity contribution < 1.29 is 9.72 Å². The molecule has 1 aliphatic heterocycles. The van der Waals surface area contributed by atoms with Crippen LogP contribution in [0.15, 0.2) is 18.2 Å². The number of hydrogen-bond donors (Lipinski definition) is 0. The fourth-order valence-electron chi connectivity index (χ4n) is 2.31. The Balaban J connectivity index is 2.48. The number of aldehydes is 1. The fraction of sp³-hybridized carbons (Fsp3) is 0.417. The Morgan fingerprint density at radius 1 is 1.44 bits per heavy atom. The van der Waals surface area contributed by atoms with Crippen LogP contribution >= 0.6 is 11.6 Å². The molecule has 1 aliphatic rings. The molecule has 1 aromatic rings. The first-order valence-electron chi connectivity index (χ1n) is 5.80. The number of rotatable bonds is 3. The zero-order chi connectivity index (χ0) is 13.1. The monoisotopic (exact) mass is 268 g/mol. The highest BCUT2D eigenvalue weighted by atomic mass is 35.5. The van der Waals surface area contributed by atoms with Crippen LogP contribution in [0.1, 0.15) is 19.3 Å². The molecule has 1 aromatic carbocycles. The van der Waals surface area contributed by atoms with Gasteiger partial charge in [-0.05, 0) is 25.3 Å². The van der Waals surface area contributed by atoms with Crippen LogP contribution in [-0.2, 0) is 4.79 Å². The van der Waals surface area contributed by atoms with Crippen LogP contribution < -0.4 is 4.90 Å². The summed E-state index contributed by atoms with van der Waals surface area (Å²) < 4.78 is 0. The van der Waals surface area contributed by atoms with Crippen LogP contribution in [0.2, 0.25) is 5.02 Å². The molecule has 18 heavy (non-hydrogen) atoms. The van der Waals surface area contributed by atoms with Gasteiger partial charge in [-0.2, -0.15) is 0 Å². The van der Waals surface area contributed by atoms with Crippen molar-refractivity contribution in [2.75, 3.05) is 11.4 Å². The highest BCUT2D eigenvalue weighted by molar-refractivity contribution is 6.33. The minimum atomic E-state index is -0.461. The minimum absolute atomic E-state index is 0.0451. The summed E-state index contributed by atoms with van der Waals surface area (Å²) in [6, 6.07) is 4.25. The number of carbonyl (C=O) groups excluding carboxylic acids is 1. The highest BCUT2D eigenvalue weighted by Crippen LogP contribution is 2.38. The van der Waals surface area contributed by atoms with Crippen LogP contribution in [0.4, 0.5) is 11.4 Å². The van der Waals surface area contributed by atoms with E-state index in [2.05, 4.69) is 0 Å². The third-order valence-electron chi connectivity index (χ3n) is 3.16. The second kappa shape index (κ2) is 5.35. The third-order valence-corrected chi connectivity index (χ3v) is 3.46. The zero-order valence-electron chi connectivity index (χ0n) is 9.71. The Morgan fingerprint density at radius 3 is 2.89 bits per heavy atom. The van der Waals surface area contributed by atoms with Gasteiger partial charge in [0.1, 0.15) is 12.0 Å². The number of carbonyl (C=O) groups is 1. The zero-order valence-corrected chi connectivity index (χ0v) is 10.5. The quantitative estimate of drug-likeness (QED) is 0.480. The minimum Gasteiger partial charge on any atom is -0.355 e. The molecule has 0 spiro atoms.